The SMILES string of the molecule is Cc1cccc(CN2CCN(C(=O)c3cc(C(F)(F)F)n(C)n3)CC2)c1. The van der Waals surface area contributed by atoms with Gasteiger partial charge in [0.25, 0.3) is 5.91 Å². The highest BCUT2D eigenvalue weighted by molar-refractivity contribution is 5.92. The van der Waals surface area contributed by atoms with Gasteiger partial charge in [-0.15, -0.1) is 0 Å². The fraction of sp³-hybridized carbons (Fsp3) is 0.444. The molecule has 0 spiro atoms. The Hall–Kier alpha value is -2.35. The zero-order valence-electron chi connectivity index (χ0n) is 14.8. The molecular formula is C18H21F3N4O. The van der Waals surface area contributed by atoms with Crippen LogP contribution < -0.4 is 0 Å². The van der Waals surface area contributed by atoms with Crippen LogP contribution in [-0.2, 0) is 19.8 Å². The third-order valence-corrected chi connectivity index (χ3v) is 4.54. The molecule has 2 aromatic rings. The Labute approximate surface area is 150 Å². The largest absolute Gasteiger partial charge is 0.433 e. The molecular weight excluding hydrogens is 345 g/mol. The van der Waals surface area contributed by atoms with E-state index >= 15 is 0 Å². The first kappa shape index (κ1) is 18.4. The van der Waals surface area contributed by atoms with Gasteiger partial charge < -0.3 is 4.90 Å². The van der Waals surface area contributed by atoms with Crippen molar-refractivity contribution < 1.29 is 18.0 Å². The van der Waals surface area contributed by atoms with Gasteiger partial charge in [0.15, 0.2) is 5.69 Å². The molecule has 0 saturated carbocycles. The molecule has 5 nitrogen and oxygen atoms in total. The Morgan fingerprint density at radius 3 is 2.42 bits per heavy atom. The Morgan fingerprint density at radius 2 is 1.85 bits per heavy atom. The number of piperazine rings is 1. The number of benzene rings is 1. The Balaban J connectivity index is 1.60. The number of halogens is 3. The molecule has 0 bridgehead atoms. The first-order valence-corrected chi connectivity index (χ1v) is 8.42. The van der Waals surface area contributed by atoms with Gasteiger partial charge in [-0.1, -0.05) is 29.8 Å². The Morgan fingerprint density at radius 1 is 1.15 bits per heavy atom. The zero-order valence-corrected chi connectivity index (χ0v) is 14.8. The number of nitrogens with zero attached hydrogens (tertiary/aromatic N) is 4. The van der Waals surface area contributed by atoms with E-state index in [0.29, 0.717) is 30.9 Å². The standard InChI is InChI=1S/C18H21F3N4O/c1-13-4-3-5-14(10-13)12-24-6-8-25(9-7-24)17(26)15-11-16(18(19,20)21)23(2)22-15/h3-5,10-11H,6-9,12H2,1-2H3. The lowest BCUT2D eigenvalue weighted by molar-refractivity contribution is -0.143. The molecule has 0 atom stereocenters. The maximum atomic E-state index is 12.9. The van der Waals surface area contributed by atoms with E-state index in [1.54, 1.807) is 4.90 Å². The molecule has 8 heteroatoms. The number of aromatic nitrogens is 2. The summed E-state index contributed by atoms with van der Waals surface area (Å²) < 4.78 is 39.3. The number of aryl methyl sites for hydroxylation is 2. The highest BCUT2D eigenvalue weighted by atomic mass is 19.4. The van der Waals surface area contributed by atoms with E-state index in [1.165, 1.54) is 18.2 Å². The predicted molar refractivity (Wildman–Crippen MR) is 90.6 cm³/mol. The predicted octanol–water partition coefficient (Wildman–Crippen LogP) is 2.71. The van der Waals surface area contributed by atoms with Crippen molar-refractivity contribution in [1.82, 2.24) is 19.6 Å². The van der Waals surface area contributed by atoms with Gasteiger partial charge in [0.2, 0.25) is 0 Å². The number of alkyl halides is 3. The van der Waals surface area contributed by atoms with E-state index in [9.17, 15) is 18.0 Å². The average Bonchev–Trinajstić information content (AvgIpc) is 2.97. The Kier molecular flexibility index (Phi) is 5.04. The van der Waals surface area contributed by atoms with E-state index in [0.717, 1.165) is 12.6 Å². The van der Waals surface area contributed by atoms with Crippen molar-refractivity contribution in [3.05, 3.63) is 52.8 Å². The van der Waals surface area contributed by atoms with Gasteiger partial charge in [0.1, 0.15) is 5.69 Å². The van der Waals surface area contributed by atoms with Crippen LogP contribution in [0.3, 0.4) is 0 Å². The number of carbonyl (C=O) groups excluding carboxylic acids is 1. The zero-order chi connectivity index (χ0) is 18.9. The quantitative estimate of drug-likeness (QED) is 0.839. The molecule has 3 rings (SSSR count). The second kappa shape index (κ2) is 7.11. The van der Waals surface area contributed by atoms with Gasteiger partial charge in [-0.3, -0.25) is 14.4 Å². The van der Waals surface area contributed by atoms with Crippen molar-refractivity contribution in [2.45, 2.75) is 19.6 Å². The van der Waals surface area contributed by atoms with Crippen molar-refractivity contribution in [3.8, 4) is 0 Å². The summed E-state index contributed by atoms with van der Waals surface area (Å²) in [5.41, 5.74) is 1.34. The molecule has 2 heterocycles. The number of hydrogen-bond acceptors (Lipinski definition) is 3. The molecule has 1 amide bonds. The lowest BCUT2D eigenvalue weighted by Gasteiger charge is -2.34. The molecule has 1 aliphatic rings. The molecule has 1 fully saturated rings. The fourth-order valence-corrected chi connectivity index (χ4v) is 3.18. The van der Waals surface area contributed by atoms with Crippen LogP contribution in [0.25, 0.3) is 0 Å². The van der Waals surface area contributed by atoms with Crippen molar-refractivity contribution in [2.24, 2.45) is 7.05 Å². The summed E-state index contributed by atoms with van der Waals surface area (Å²) in [4.78, 5) is 16.3. The monoisotopic (exact) mass is 366 g/mol. The maximum absolute atomic E-state index is 12.9. The van der Waals surface area contributed by atoms with E-state index in [4.69, 9.17) is 0 Å². The summed E-state index contributed by atoms with van der Waals surface area (Å²) >= 11 is 0. The molecule has 0 aliphatic carbocycles. The minimum absolute atomic E-state index is 0.160. The number of rotatable bonds is 3. The summed E-state index contributed by atoms with van der Waals surface area (Å²) in [6.45, 7) is 5.15. The van der Waals surface area contributed by atoms with Crippen LogP contribution in [-0.4, -0.2) is 51.7 Å². The molecule has 0 N–H and O–H groups in total. The lowest BCUT2D eigenvalue weighted by Crippen LogP contribution is -2.48. The highest BCUT2D eigenvalue weighted by Crippen LogP contribution is 2.29. The minimum Gasteiger partial charge on any atom is -0.335 e. The summed E-state index contributed by atoms with van der Waals surface area (Å²) in [5.74, 6) is -0.452. The summed E-state index contributed by atoms with van der Waals surface area (Å²) in [6, 6.07) is 9.08. The second-order valence-corrected chi connectivity index (χ2v) is 6.59. The molecule has 140 valence electrons. The van der Waals surface area contributed by atoms with Gasteiger partial charge in [-0.25, -0.2) is 0 Å². The summed E-state index contributed by atoms with van der Waals surface area (Å²) in [6.07, 6.45) is -4.52. The second-order valence-electron chi connectivity index (χ2n) is 6.59. The van der Waals surface area contributed by atoms with Gasteiger partial charge in [0.05, 0.1) is 0 Å². The third-order valence-electron chi connectivity index (χ3n) is 4.54. The molecule has 1 aliphatic heterocycles. The van der Waals surface area contributed by atoms with Crippen LogP contribution in [0, 0.1) is 6.92 Å². The van der Waals surface area contributed by atoms with Crippen LogP contribution in [0.1, 0.15) is 27.3 Å². The molecule has 26 heavy (non-hydrogen) atoms. The van der Waals surface area contributed by atoms with Gasteiger partial charge in [0, 0.05) is 45.8 Å². The Bertz CT molecular complexity index is 792. The number of carbonyl (C=O) groups is 1. The fourth-order valence-electron chi connectivity index (χ4n) is 3.18. The topological polar surface area (TPSA) is 41.4 Å². The van der Waals surface area contributed by atoms with Gasteiger partial charge in [-0.05, 0) is 12.5 Å². The smallest absolute Gasteiger partial charge is 0.335 e. The third kappa shape index (κ3) is 4.07. The molecule has 1 aromatic heterocycles. The van der Waals surface area contributed by atoms with Gasteiger partial charge in [-0.2, -0.15) is 18.3 Å². The lowest BCUT2D eigenvalue weighted by atomic mass is 10.1. The van der Waals surface area contributed by atoms with Crippen LogP contribution in [0.4, 0.5) is 13.2 Å². The number of hydrogen-bond donors (Lipinski definition) is 0. The maximum Gasteiger partial charge on any atom is 0.433 e. The van der Waals surface area contributed by atoms with Crippen molar-refractivity contribution >= 4 is 5.91 Å². The molecule has 1 saturated heterocycles. The van der Waals surface area contributed by atoms with Crippen LogP contribution in [0.5, 0.6) is 0 Å². The normalized spacial score (nSPS) is 16.1. The van der Waals surface area contributed by atoms with Crippen molar-refractivity contribution in [3.63, 3.8) is 0 Å². The molecule has 0 radical (unpaired) electrons. The first-order valence-electron chi connectivity index (χ1n) is 8.42. The van der Waals surface area contributed by atoms with E-state index in [-0.39, 0.29) is 5.69 Å². The first-order chi connectivity index (χ1) is 12.2. The van der Waals surface area contributed by atoms with Crippen molar-refractivity contribution in [1.29, 1.82) is 0 Å². The number of amides is 1. The summed E-state index contributed by atoms with van der Waals surface area (Å²) in [7, 11) is 1.19. The van der Waals surface area contributed by atoms with Crippen LogP contribution >= 0.6 is 0 Å². The molecule has 1 aromatic carbocycles. The van der Waals surface area contributed by atoms with E-state index in [1.807, 2.05) is 19.1 Å². The van der Waals surface area contributed by atoms with Crippen LogP contribution in [0.15, 0.2) is 30.3 Å². The van der Waals surface area contributed by atoms with Crippen molar-refractivity contribution in [2.75, 3.05) is 26.2 Å². The minimum atomic E-state index is -4.52. The highest BCUT2D eigenvalue weighted by Gasteiger charge is 2.36. The van der Waals surface area contributed by atoms with Crippen LogP contribution in [0.2, 0.25) is 0 Å². The van der Waals surface area contributed by atoms with E-state index in [2.05, 4.69) is 22.1 Å². The van der Waals surface area contributed by atoms with E-state index < -0.39 is 17.8 Å². The molecule has 0 unspecified atom stereocenters. The average molecular weight is 366 g/mol. The summed E-state index contributed by atoms with van der Waals surface area (Å²) in [5, 5.41) is 3.74. The van der Waals surface area contributed by atoms with Gasteiger partial charge >= 0.3 is 6.18 Å².